The number of amides is 1. The molecule has 1 heterocycles. The monoisotopic (exact) mass is 399 g/mol. The molecule has 0 aliphatic rings. The van der Waals surface area contributed by atoms with Gasteiger partial charge in [0.15, 0.2) is 5.82 Å². The lowest BCUT2D eigenvalue weighted by molar-refractivity contribution is -0.274. The number of hydrogen-bond donors (Lipinski definition) is 1. The van der Waals surface area contributed by atoms with Crippen molar-refractivity contribution in [2.24, 2.45) is 0 Å². The van der Waals surface area contributed by atoms with Crippen molar-refractivity contribution in [3.05, 3.63) is 41.5 Å². The van der Waals surface area contributed by atoms with Gasteiger partial charge in [0.1, 0.15) is 5.75 Å². The molecule has 1 N–H and O–H groups in total. The Hall–Kier alpha value is -2.58. The third-order valence-corrected chi connectivity index (χ3v) is 3.83. The summed E-state index contributed by atoms with van der Waals surface area (Å²) < 4.78 is 45.3. The average molecular weight is 399 g/mol. The SMILES string of the molecule is CC(C)(C)c1noc(CCCC(=O)NCCc2ccc(OC(F)(F)F)cc2)n1. The van der Waals surface area contributed by atoms with Gasteiger partial charge in [-0.25, -0.2) is 0 Å². The first kappa shape index (κ1) is 21.7. The number of nitrogens with zero attached hydrogens (tertiary/aromatic N) is 2. The predicted octanol–water partition coefficient (Wildman–Crippen LogP) is 3.95. The van der Waals surface area contributed by atoms with Gasteiger partial charge in [0.25, 0.3) is 0 Å². The van der Waals surface area contributed by atoms with Crippen LogP contribution < -0.4 is 10.1 Å². The van der Waals surface area contributed by atoms with Crippen molar-refractivity contribution in [2.75, 3.05) is 6.54 Å². The smallest absolute Gasteiger partial charge is 0.406 e. The summed E-state index contributed by atoms with van der Waals surface area (Å²) >= 11 is 0. The molecule has 2 rings (SSSR count). The molecule has 0 fully saturated rings. The molecule has 1 aromatic heterocycles. The highest BCUT2D eigenvalue weighted by atomic mass is 19.4. The van der Waals surface area contributed by atoms with Gasteiger partial charge in [-0.2, -0.15) is 4.98 Å². The molecular weight excluding hydrogens is 375 g/mol. The largest absolute Gasteiger partial charge is 0.573 e. The number of nitrogens with one attached hydrogen (secondary N) is 1. The zero-order valence-electron chi connectivity index (χ0n) is 16.1. The standard InChI is InChI=1S/C19H24F3N3O3/c1-18(2,3)17-24-16(28-25-17)6-4-5-15(26)23-12-11-13-7-9-14(10-8-13)27-19(20,21)22/h7-10H,4-6,11-12H2,1-3H3,(H,23,26). The maximum atomic E-state index is 12.1. The Morgan fingerprint density at radius 1 is 1.14 bits per heavy atom. The second-order valence-corrected chi connectivity index (χ2v) is 7.41. The van der Waals surface area contributed by atoms with Gasteiger partial charge < -0.3 is 14.6 Å². The summed E-state index contributed by atoms with van der Waals surface area (Å²) in [5.74, 6) is 0.779. The fraction of sp³-hybridized carbons (Fsp3) is 0.526. The van der Waals surface area contributed by atoms with Gasteiger partial charge in [0.2, 0.25) is 11.8 Å². The fourth-order valence-corrected chi connectivity index (χ4v) is 2.35. The minimum absolute atomic E-state index is 0.104. The van der Waals surface area contributed by atoms with E-state index in [0.717, 1.165) is 5.56 Å². The molecule has 154 valence electrons. The van der Waals surface area contributed by atoms with E-state index >= 15 is 0 Å². The van der Waals surface area contributed by atoms with Gasteiger partial charge in [0.05, 0.1) is 0 Å². The van der Waals surface area contributed by atoms with Crippen LogP contribution in [0.1, 0.15) is 50.9 Å². The maximum Gasteiger partial charge on any atom is 0.573 e. The minimum Gasteiger partial charge on any atom is -0.406 e. The lowest BCUT2D eigenvalue weighted by atomic mass is 9.96. The van der Waals surface area contributed by atoms with E-state index in [9.17, 15) is 18.0 Å². The van der Waals surface area contributed by atoms with Crippen LogP contribution in [0.3, 0.4) is 0 Å². The summed E-state index contributed by atoms with van der Waals surface area (Å²) in [6.45, 7) is 6.37. The van der Waals surface area contributed by atoms with Crippen LogP contribution in [-0.2, 0) is 23.1 Å². The first-order valence-electron chi connectivity index (χ1n) is 8.97. The predicted molar refractivity (Wildman–Crippen MR) is 95.8 cm³/mol. The van der Waals surface area contributed by atoms with Crippen molar-refractivity contribution >= 4 is 5.91 Å². The van der Waals surface area contributed by atoms with Crippen LogP contribution in [0.25, 0.3) is 0 Å². The van der Waals surface area contributed by atoms with Crippen LogP contribution in [0.2, 0.25) is 0 Å². The molecule has 0 unspecified atom stereocenters. The van der Waals surface area contributed by atoms with Crippen molar-refractivity contribution in [3.8, 4) is 5.75 Å². The van der Waals surface area contributed by atoms with Crippen LogP contribution in [0.15, 0.2) is 28.8 Å². The highest BCUT2D eigenvalue weighted by Crippen LogP contribution is 2.22. The molecule has 0 spiro atoms. The van der Waals surface area contributed by atoms with Crippen molar-refractivity contribution in [1.29, 1.82) is 0 Å². The second kappa shape index (κ2) is 9.07. The number of alkyl halides is 3. The fourth-order valence-electron chi connectivity index (χ4n) is 2.35. The Morgan fingerprint density at radius 3 is 2.39 bits per heavy atom. The normalized spacial score (nSPS) is 12.1. The van der Waals surface area contributed by atoms with E-state index in [-0.39, 0.29) is 17.1 Å². The first-order chi connectivity index (χ1) is 13.0. The third-order valence-electron chi connectivity index (χ3n) is 3.83. The number of halogens is 3. The highest BCUT2D eigenvalue weighted by molar-refractivity contribution is 5.75. The van der Waals surface area contributed by atoms with E-state index in [1.807, 2.05) is 20.8 Å². The molecule has 28 heavy (non-hydrogen) atoms. The molecule has 9 heteroatoms. The van der Waals surface area contributed by atoms with Crippen LogP contribution >= 0.6 is 0 Å². The van der Waals surface area contributed by atoms with Crippen molar-refractivity contribution < 1.29 is 27.2 Å². The first-order valence-corrected chi connectivity index (χ1v) is 8.97. The number of benzene rings is 1. The number of aromatic nitrogens is 2. The van der Waals surface area contributed by atoms with E-state index in [0.29, 0.717) is 43.9 Å². The molecule has 0 radical (unpaired) electrons. The van der Waals surface area contributed by atoms with Crippen molar-refractivity contribution in [3.63, 3.8) is 0 Å². The summed E-state index contributed by atoms with van der Waals surface area (Å²) in [5, 5.41) is 6.72. The maximum absolute atomic E-state index is 12.1. The molecule has 2 aromatic rings. The molecule has 0 aliphatic heterocycles. The molecule has 0 atom stereocenters. The lowest BCUT2D eigenvalue weighted by Crippen LogP contribution is -2.25. The third kappa shape index (κ3) is 7.58. The van der Waals surface area contributed by atoms with E-state index < -0.39 is 6.36 Å². The topological polar surface area (TPSA) is 77.2 Å². The van der Waals surface area contributed by atoms with Crippen molar-refractivity contribution in [2.45, 2.75) is 58.2 Å². The Labute approximate surface area is 161 Å². The number of carbonyl (C=O) groups is 1. The molecule has 0 bridgehead atoms. The quantitative estimate of drug-likeness (QED) is 0.727. The Kier molecular flexibility index (Phi) is 7.04. The lowest BCUT2D eigenvalue weighted by Gasteiger charge is -2.10. The van der Waals surface area contributed by atoms with Gasteiger partial charge in [-0.1, -0.05) is 38.1 Å². The van der Waals surface area contributed by atoms with Crippen LogP contribution in [0.4, 0.5) is 13.2 Å². The number of aryl methyl sites for hydroxylation is 1. The summed E-state index contributed by atoms with van der Waals surface area (Å²) in [6.07, 6.45) is -2.76. The van der Waals surface area contributed by atoms with Crippen LogP contribution in [-0.4, -0.2) is 29.0 Å². The molecule has 1 amide bonds. The van der Waals surface area contributed by atoms with E-state index in [1.54, 1.807) is 0 Å². The molecule has 1 aromatic carbocycles. The van der Waals surface area contributed by atoms with E-state index in [1.165, 1.54) is 24.3 Å². The molecule has 0 saturated carbocycles. The second-order valence-electron chi connectivity index (χ2n) is 7.41. The number of carbonyl (C=O) groups excluding carboxylic acids is 1. The molecule has 0 aliphatic carbocycles. The highest BCUT2D eigenvalue weighted by Gasteiger charge is 2.30. The Balaban J connectivity index is 1.65. The number of hydrogen-bond acceptors (Lipinski definition) is 5. The van der Waals surface area contributed by atoms with E-state index in [4.69, 9.17) is 4.52 Å². The zero-order chi connectivity index (χ0) is 20.8. The van der Waals surface area contributed by atoms with Gasteiger partial charge in [0, 0.05) is 24.8 Å². The molecule has 6 nitrogen and oxygen atoms in total. The average Bonchev–Trinajstić information content (AvgIpc) is 3.04. The zero-order valence-corrected chi connectivity index (χ0v) is 16.1. The van der Waals surface area contributed by atoms with Gasteiger partial charge in [-0.3, -0.25) is 4.79 Å². The van der Waals surface area contributed by atoms with E-state index in [2.05, 4.69) is 20.2 Å². The van der Waals surface area contributed by atoms with Gasteiger partial charge >= 0.3 is 6.36 Å². The number of rotatable bonds is 8. The summed E-state index contributed by atoms with van der Waals surface area (Å²) in [7, 11) is 0. The Morgan fingerprint density at radius 2 is 1.82 bits per heavy atom. The molecular formula is C19H24F3N3O3. The number of ether oxygens (including phenoxy) is 1. The summed E-state index contributed by atoms with van der Waals surface area (Å²) in [5.41, 5.74) is 0.617. The summed E-state index contributed by atoms with van der Waals surface area (Å²) in [6, 6.07) is 5.58. The van der Waals surface area contributed by atoms with Gasteiger partial charge in [-0.15, -0.1) is 13.2 Å². The summed E-state index contributed by atoms with van der Waals surface area (Å²) in [4.78, 5) is 16.2. The van der Waals surface area contributed by atoms with Gasteiger partial charge in [-0.05, 0) is 30.5 Å². The Bertz CT molecular complexity index is 765. The minimum atomic E-state index is -4.70. The van der Waals surface area contributed by atoms with Crippen LogP contribution in [0.5, 0.6) is 5.75 Å². The molecule has 0 saturated heterocycles. The van der Waals surface area contributed by atoms with Crippen LogP contribution in [0, 0.1) is 0 Å². The van der Waals surface area contributed by atoms with Crippen molar-refractivity contribution in [1.82, 2.24) is 15.5 Å².